The molecule has 0 aliphatic heterocycles. The van der Waals surface area contributed by atoms with Crippen molar-refractivity contribution >= 4 is 73.6 Å². The van der Waals surface area contributed by atoms with E-state index in [2.05, 4.69) is 157 Å². The van der Waals surface area contributed by atoms with E-state index in [0.29, 0.717) is 0 Å². The van der Waals surface area contributed by atoms with Gasteiger partial charge in [0.05, 0.1) is 9.95 Å². The molecular formula is C69H70Cl4FNO2. The molecule has 0 radical (unpaired) electrons. The van der Waals surface area contributed by atoms with Gasteiger partial charge >= 0.3 is 0 Å². The van der Waals surface area contributed by atoms with Crippen LogP contribution in [0.5, 0.6) is 0 Å². The third-order valence-electron chi connectivity index (χ3n) is 10.9. The molecule has 77 heavy (non-hydrogen) atoms. The van der Waals surface area contributed by atoms with Crippen molar-refractivity contribution in [1.82, 2.24) is 0 Å². The predicted molar refractivity (Wildman–Crippen MR) is 335 cm³/mol. The monoisotopic (exact) mass is 1100 g/mol. The van der Waals surface area contributed by atoms with Crippen molar-refractivity contribution in [3.05, 3.63) is 310 Å². The van der Waals surface area contributed by atoms with Crippen LogP contribution in [0.25, 0.3) is 21.5 Å². The third kappa shape index (κ3) is 26.9. The van der Waals surface area contributed by atoms with Gasteiger partial charge < -0.3 is 0 Å². The Bertz CT molecular complexity index is 3180. The Balaban J connectivity index is 0.000000302. The smallest absolute Gasteiger partial charge is 0.258 e. The molecule has 8 heteroatoms. The number of aryl methyl sites for hydroxylation is 10. The summed E-state index contributed by atoms with van der Waals surface area (Å²) < 4.78 is 12.4. The normalized spacial score (nSPS) is 9.48. The molecule has 0 heterocycles. The standard InChI is InChI=1S/C11H9Cl.C11H10.C9H8.2C8H10.C7H6ClF.C7H6ClNO2.C7H7Cl.CH4/c1-8-2-3-10-7-11(12)5-4-9(10)6-8;1-9-6-7-10-4-2-3-5-11(10)8-9;1-3-9-6-4-8(2)5-7-9;2*1-7-3-5-8(2)6-4-7;1-5-2-3-6(8)7(9)4-5;1-5-2-3-6(8)7(4-5)9(10)11;1-6-2-4-7(8)5-3-6;/h2-7H,1H3;2-8H,1H3;1,4-7H,2H3;2*3-6H,1-2H3;2-4H,1H3;2-4H,1H3;2-5H,1H3;1H4. The van der Waals surface area contributed by atoms with Crippen LogP contribution in [-0.4, -0.2) is 4.92 Å². The lowest BCUT2D eigenvalue weighted by molar-refractivity contribution is -0.384. The molecule has 0 saturated carbocycles. The summed E-state index contributed by atoms with van der Waals surface area (Å²) >= 11 is 22.4. The molecule has 10 rings (SSSR count). The Labute approximate surface area is 478 Å². The summed E-state index contributed by atoms with van der Waals surface area (Å²) in [6, 6.07) is 69.2. The van der Waals surface area contributed by atoms with Crippen LogP contribution in [0.15, 0.2) is 212 Å². The van der Waals surface area contributed by atoms with Crippen LogP contribution in [0.2, 0.25) is 20.1 Å². The van der Waals surface area contributed by atoms with E-state index in [1.807, 2.05) is 87.5 Å². The molecule has 0 saturated heterocycles. The molecule has 0 aliphatic rings. The van der Waals surface area contributed by atoms with Crippen LogP contribution < -0.4 is 0 Å². The molecule has 10 aromatic carbocycles. The average molecular weight is 1110 g/mol. The van der Waals surface area contributed by atoms with Gasteiger partial charge in [0.1, 0.15) is 10.8 Å². The Morgan fingerprint density at radius 1 is 0.377 bits per heavy atom. The Hall–Kier alpha value is -7.23. The fourth-order valence-electron chi connectivity index (χ4n) is 6.47. The van der Waals surface area contributed by atoms with Gasteiger partial charge in [-0.05, 0) is 157 Å². The number of halogens is 5. The SMILES string of the molecule is C.C#Cc1ccc(C)cc1.Cc1ccc(C)cc1.Cc1ccc(C)cc1.Cc1ccc(Cl)c(F)c1.Cc1ccc(Cl)c([N+](=O)[O-])c1.Cc1ccc(Cl)cc1.Cc1ccc2cc(Cl)ccc2c1.Cc1ccc2ccccc2c1. The van der Waals surface area contributed by atoms with Crippen molar-refractivity contribution in [2.75, 3.05) is 0 Å². The first-order valence-corrected chi connectivity index (χ1v) is 25.9. The number of hydrogen-bond donors (Lipinski definition) is 0. The minimum atomic E-state index is -0.491. The zero-order valence-electron chi connectivity index (χ0n) is 44.9. The highest BCUT2D eigenvalue weighted by atomic mass is 35.5. The van der Waals surface area contributed by atoms with Crippen LogP contribution in [0, 0.1) is 97.5 Å². The van der Waals surface area contributed by atoms with Crippen molar-refractivity contribution in [2.45, 2.75) is 76.7 Å². The summed E-state index contributed by atoms with van der Waals surface area (Å²) in [7, 11) is 0. The number of nitro groups is 1. The molecule has 0 spiro atoms. The number of nitro benzene ring substituents is 1. The first kappa shape index (κ1) is 65.9. The number of hydrogen-bond acceptors (Lipinski definition) is 2. The molecule has 0 fully saturated rings. The molecule has 0 unspecified atom stereocenters. The maximum absolute atomic E-state index is 12.4. The minimum Gasteiger partial charge on any atom is -0.258 e. The van der Waals surface area contributed by atoms with Crippen molar-refractivity contribution in [1.29, 1.82) is 0 Å². The lowest BCUT2D eigenvalue weighted by Gasteiger charge is -1.98. The van der Waals surface area contributed by atoms with Crippen molar-refractivity contribution in [3.63, 3.8) is 0 Å². The summed E-state index contributed by atoms with van der Waals surface area (Å²) in [4.78, 5) is 9.80. The minimum absolute atomic E-state index is 0. The van der Waals surface area contributed by atoms with Crippen molar-refractivity contribution in [2.24, 2.45) is 0 Å². The fraction of sp³-hybridized carbons (Fsp3) is 0.159. The largest absolute Gasteiger partial charge is 0.288 e. The van der Waals surface area contributed by atoms with Crippen molar-refractivity contribution < 1.29 is 9.31 Å². The highest BCUT2D eigenvalue weighted by Crippen LogP contribution is 2.25. The second-order valence-electron chi connectivity index (χ2n) is 18.1. The number of terminal acetylenes is 1. The van der Waals surface area contributed by atoms with E-state index in [1.165, 1.54) is 84.3 Å². The van der Waals surface area contributed by atoms with Gasteiger partial charge in [0.15, 0.2) is 0 Å². The molecule has 398 valence electrons. The second-order valence-corrected chi connectivity index (χ2v) is 19.8. The molecular weight excluding hydrogens is 1040 g/mol. The fourth-order valence-corrected chi connectivity index (χ4v) is 7.08. The van der Waals surface area contributed by atoms with Gasteiger partial charge in [0.25, 0.3) is 5.69 Å². The molecule has 0 N–H and O–H groups in total. The second kappa shape index (κ2) is 35.2. The maximum atomic E-state index is 12.4. The van der Waals surface area contributed by atoms with Crippen LogP contribution in [0.3, 0.4) is 0 Å². The zero-order valence-corrected chi connectivity index (χ0v) is 48.0. The van der Waals surface area contributed by atoms with Gasteiger partial charge in [-0.15, -0.1) is 6.42 Å². The summed E-state index contributed by atoms with van der Waals surface area (Å²) in [5.74, 6) is 2.20. The van der Waals surface area contributed by atoms with Gasteiger partial charge in [-0.3, -0.25) is 10.1 Å². The van der Waals surface area contributed by atoms with Gasteiger partial charge in [-0.25, -0.2) is 4.39 Å². The lowest BCUT2D eigenvalue weighted by Crippen LogP contribution is -1.89. The maximum Gasteiger partial charge on any atom is 0.288 e. The number of fused-ring (bicyclic) bond motifs is 2. The molecule has 0 aliphatic carbocycles. The Morgan fingerprint density at radius 2 is 0.688 bits per heavy atom. The van der Waals surface area contributed by atoms with E-state index in [4.69, 9.17) is 52.8 Å². The summed E-state index contributed by atoms with van der Waals surface area (Å²) in [5, 5.41) is 17.4. The molecule has 0 aromatic heterocycles. The summed E-state index contributed by atoms with van der Waals surface area (Å²) in [5.41, 5.74) is 13.0. The molecule has 3 nitrogen and oxygen atoms in total. The van der Waals surface area contributed by atoms with Crippen LogP contribution >= 0.6 is 46.4 Å². The zero-order chi connectivity index (χ0) is 56.2. The molecule has 0 atom stereocenters. The molecule has 10 aromatic rings. The van der Waals surface area contributed by atoms with Crippen LogP contribution in [0.1, 0.15) is 68.6 Å². The Kier molecular flexibility index (Phi) is 30.1. The van der Waals surface area contributed by atoms with Gasteiger partial charge in [-0.1, -0.05) is 256 Å². The number of nitrogens with zero attached hydrogens (tertiary/aromatic N) is 1. The van der Waals surface area contributed by atoms with E-state index >= 15 is 0 Å². The van der Waals surface area contributed by atoms with E-state index < -0.39 is 4.92 Å². The first-order chi connectivity index (χ1) is 36.1. The van der Waals surface area contributed by atoms with Crippen molar-refractivity contribution in [3.8, 4) is 12.3 Å². The van der Waals surface area contributed by atoms with E-state index in [-0.39, 0.29) is 29.0 Å². The summed E-state index contributed by atoms with van der Waals surface area (Å²) in [6.45, 7) is 20.3. The predicted octanol–water partition coefficient (Wildman–Crippen LogP) is 22.2. The quantitative estimate of drug-likeness (QED) is 0.0934. The average Bonchev–Trinajstić information content (AvgIpc) is 3.40. The highest BCUT2D eigenvalue weighted by Gasteiger charge is 2.10. The van der Waals surface area contributed by atoms with Gasteiger partial charge in [0.2, 0.25) is 0 Å². The van der Waals surface area contributed by atoms with Gasteiger partial charge in [-0.2, -0.15) is 0 Å². The highest BCUT2D eigenvalue weighted by molar-refractivity contribution is 6.32. The van der Waals surface area contributed by atoms with Gasteiger partial charge in [0, 0.05) is 21.7 Å². The molecule has 0 bridgehead atoms. The van der Waals surface area contributed by atoms with E-state index in [0.717, 1.165) is 26.7 Å². The Morgan fingerprint density at radius 3 is 1.09 bits per heavy atom. The topological polar surface area (TPSA) is 43.1 Å². The summed E-state index contributed by atoms with van der Waals surface area (Å²) in [6.07, 6.45) is 5.15. The third-order valence-corrected chi connectivity index (χ3v) is 12.0. The number of rotatable bonds is 1. The van der Waals surface area contributed by atoms with Crippen LogP contribution in [-0.2, 0) is 0 Å². The van der Waals surface area contributed by atoms with Crippen LogP contribution in [0.4, 0.5) is 10.1 Å². The first-order valence-electron chi connectivity index (χ1n) is 24.4. The lowest BCUT2D eigenvalue weighted by atomic mass is 10.1. The van der Waals surface area contributed by atoms with E-state index in [1.54, 1.807) is 25.1 Å². The van der Waals surface area contributed by atoms with E-state index in [9.17, 15) is 14.5 Å². The molecule has 0 amide bonds. The number of benzene rings is 10.